The maximum atomic E-state index is 11.5. The van der Waals surface area contributed by atoms with Gasteiger partial charge in [-0.25, -0.2) is 4.79 Å². The number of pyridine rings is 1. The molecule has 0 bridgehead atoms. The summed E-state index contributed by atoms with van der Waals surface area (Å²) in [5.74, 6) is 0. The second-order valence-electron chi connectivity index (χ2n) is 3.81. The van der Waals surface area contributed by atoms with Crippen molar-refractivity contribution in [1.82, 2.24) is 9.88 Å². The van der Waals surface area contributed by atoms with Gasteiger partial charge in [0.05, 0.1) is 6.04 Å². The largest absolute Gasteiger partial charge is 0.444 e. The van der Waals surface area contributed by atoms with E-state index in [-0.39, 0.29) is 18.2 Å². The standard InChI is InChI=1S/C11H14N2O2/c1-8-9(2)15-11(14)13(8)7-10-3-5-12-6-4-10/h3-6,8-9H,7H2,1-2H3/t8-,9-/m1/s1. The molecular formula is C11H14N2O2. The number of carbonyl (C=O) groups is 1. The molecule has 0 aromatic carbocycles. The minimum absolute atomic E-state index is 0.0284. The summed E-state index contributed by atoms with van der Waals surface area (Å²) >= 11 is 0. The molecule has 0 saturated carbocycles. The Kier molecular flexibility index (Phi) is 2.58. The second kappa shape index (κ2) is 3.88. The van der Waals surface area contributed by atoms with Crippen LogP contribution in [0.3, 0.4) is 0 Å². The van der Waals surface area contributed by atoms with Gasteiger partial charge < -0.3 is 4.74 Å². The number of ether oxygens (including phenoxy) is 1. The molecule has 1 aliphatic heterocycles. The molecule has 1 aromatic heterocycles. The van der Waals surface area contributed by atoms with Crippen LogP contribution in [0.25, 0.3) is 0 Å². The fourth-order valence-corrected chi connectivity index (χ4v) is 1.64. The topological polar surface area (TPSA) is 42.4 Å². The van der Waals surface area contributed by atoms with E-state index in [4.69, 9.17) is 4.74 Å². The first-order valence-corrected chi connectivity index (χ1v) is 5.04. The summed E-state index contributed by atoms with van der Waals surface area (Å²) in [6, 6.07) is 3.94. The van der Waals surface area contributed by atoms with Crippen LogP contribution in [-0.4, -0.2) is 28.1 Å². The SMILES string of the molecule is C[C@@H]1[C@@H](C)OC(=O)N1Cc1ccncc1. The molecule has 2 atom stereocenters. The van der Waals surface area contributed by atoms with Gasteiger partial charge in [-0.05, 0) is 31.5 Å². The molecule has 0 aliphatic carbocycles. The molecule has 15 heavy (non-hydrogen) atoms. The predicted octanol–water partition coefficient (Wildman–Crippen LogP) is 1.81. The predicted molar refractivity (Wildman–Crippen MR) is 55.2 cm³/mol. The number of hydrogen-bond donors (Lipinski definition) is 0. The number of amides is 1. The zero-order valence-corrected chi connectivity index (χ0v) is 8.88. The molecule has 1 amide bonds. The summed E-state index contributed by atoms with van der Waals surface area (Å²) in [6.07, 6.45) is 3.20. The van der Waals surface area contributed by atoms with E-state index in [1.165, 1.54) is 0 Å². The van der Waals surface area contributed by atoms with E-state index in [2.05, 4.69) is 4.98 Å². The van der Waals surface area contributed by atoms with Crippen molar-refractivity contribution in [1.29, 1.82) is 0 Å². The normalized spacial score (nSPS) is 25.5. The van der Waals surface area contributed by atoms with Crippen molar-refractivity contribution in [3.05, 3.63) is 30.1 Å². The van der Waals surface area contributed by atoms with E-state index < -0.39 is 0 Å². The van der Waals surface area contributed by atoms with Crippen molar-refractivity contribution in [2.45, 2.75) is 32.5 Å². The maximum absolute atomic E-state index is 11.5. The van der Waals surface area contributed by atoms with E-state index in [0.29, 0.717) is 6.54 Å². The van der Waals surface area contributed by atoms with Gasteiger partial charge >= 0.3 is 6.09 Å². The van der Waals surface area contributed by atoms with Crippen molar-refractivity contribution in [3.63, 3.8) is 0 Å². The molecule has 1 saturated heterocycles. The molecule has 4 heteroatoms. The van der Waals surface area contributed by atoms with Gasteiger partial charge in [-0.2, -0.15) is 0 Å². The van der Waals surface area contributed by atoms with Crippen LogP contribution < -0.4 is 0 Å². The Balaban J connectivity index is 2.09. The summed E-state index contributed by atoms with van der Waals surface area (Å²) in [5, 5.41) is 0. The van der Waals surface area contributed by atoms with E-state index in [1.807, 2.05) is 26.0 Å². The van der Waals surface area contributed by atoms with Gasteiger partial charge in [0.25, 0.3) is 0 Å². The summed E-state index contributed by atoms with van der Waals surface area (Å²) in [7, 11) is 0. The van der Waals surface area contributed by atoms with E-state index >= 15 is 0 Å². The van der Waals surface area contributed by atoms with Crippen molar-refractivity contribution < 1.29 is 9.53 Å². The number of carbonyl (C=O) groups excluding carboxylic acids is 1. The highest BCUT2D eigenvalue weighted by molar-refractivity contribution is 5.70. The third-order valence-electron chi connectivity index (χ3n) is 2.79. The molecular weight excluding hydrogens is 192 g/mol. The van der Waals surface area contributed by atoms with Gasteiger partial charge in [0.1, 0.15) is 6.10 Å². The Bertz CT molecular complexity index is 353. The lowest BCUT2D eigenvalue weighted by molar-refractivity contribution is 0.137. The Hall–Kier alpha value is -1.58. The Morgan fingerprint density at radius 2 is 2.07 bits per heavy atom. The van der Waals surface area contributed by atoms with Gasteiger partial charge in [-0.1, -0.05) is 0 Å². The minimum atomic E-state index is -0.230. The Labute approximate surface area is 88.9 Å². The van der Waals surface area contributed by atoms with Crippen LogP contribution in [-0.2, 0) is 11.3 Å². The molecule has 1 fully saturated rings. The highest BCUT2D eigenvalue weighted by atomic mass is 16.6. The van der Waals surface area contributed by atoms with Gasteiger partial charge in [0, 0.05) is 18.9 Å². The number of cyclic esters (lactones) is 1. The lowest BCUT2D eigenvalue weighted by atomic mass is 10.2. The first kappa shape index (κ1) is 9.96. The fraction of sp³-hybridized carbons (Fsp3) is 0.455. The molecule has 0 spiro atoms. The summed E-state index contributed by atoms with van der Waals surface area (Å²) in [4.78, 5) is 17.2. The van der Waals surface area contributed by atoms with Gasteiger partial charge in [-0.3, -0.25) is 9.88 Å². The molecule has 2 heterocycles. The van der Waals surface area contributed by atoms with Crippen LogP contribution in [0.4, 0.5) is 4.79 Å². The molecule has 4 nitrogen and oxygen atoms in total. The van der Waals surface area contributed by atoms with E-state index in [1.54, 1.807) is 17.3 Å². The average Bonchev–Trinajstić information content (AvgIpc) is 2.47. The summed E-state index contributed by atoms with van der Waals surface area (Å²) in [6.45, 7) is 4.50. The van der Waals surface area contributed by atoms with Crippen LogP contribution in [0.15, 0.2) is 24.5 Å². The molecule has 1 aliphatic rings. The fourth-order valence-electron chi connectivity index (χ4n) is 1.64. The van der Waals surface area contributed by atoms with Crippen LogP contribution in [0, 0.1) is 0 Å². The number of hydrogen-bond acceptors (Lipinski definition) is 3. The van der Waals surface area contributed by atoms with Crippen molar-refractivity contribution in [3.8, 4) is 0 Å². The highest BCUT2D eigenvalue weighted by Crippen LogP contribution is 2.20. The van der Waals surface area contributed by atoms with Gasteiger partial charge in [-0.15, -0.1) is 0 Å². The van der Waals surface area contributed by atoms with Crippen LogP contribution >= 0.6 is 0 Å². The van der Waals surface area contributed by atoms with E-state index in [0.717, 1.165) is 5.56 Å². The van der Waals surface area contributed by atoms with Crippen LogP contribution in [0.1, 0.15) is 19.4 Å². The molecule has 1 aromatic rings. The summed E-state index contributed by atoms with van der Waals surface area (Å²) in [5.41, 5.74) is 1.07. The van der Waals surface area contributed by atoms with Crippen LogP contribution in [0.2, 0.25) is 0 Å². The minimum Gasteiger partial charge on any atom is -0.444 e. The lowest BCUT2D eigenvalue weighted by Crippen LogP contribution is -2.32. The molecule has 2 rings (SSSR count). The molecule has 80 valence electrons. The average molecular weight is 206 g/mol. The van der Waals surface area contributed by atoms with Crippen molar-refractivity contribution in [2.75, 3.05) is 0 Å². The summed E-state index contributed by atoms with van der Waals surface area (Å²) < 4.78 is 5.13. The first-order valence-electron chi connectivity index (χ1n) is 5.04. The monoisotopic (exact) mass is 206 g/mol. The molecule has 0 radical (unpaired) electrons. The Morgan fingerprint density at radius 1 is 1.40 bits per heavy atom. The Morgan fingerprint density at radius 3 is 2.60 bits per heavy atom. The van der Waals surface area contributed by atoms with Gasteiger partial charge in [0.15, 0.2) is 0 Å². The third kappa shape index (κ3) is 1.93. The van der Waals surface area contributed by atoms with E-state index in [9.17, 15) is 4.79 Å². The second-order valence-corrected chi connectivity index (χ2v) is 3.81. The van der Waals surface area contributed by atoms with Crippen molar-refractivity contribution >= 4 is 6.09 Å². The number of rotatable bonds is 2. The number of nitrogens with zero attached hydrogens (tertiary/aromatic N) is 2. The molecule has 0 unspecified atom stereocenters. The van der Waals surface area contributed by atoms with Crippen LogP contribution in [0.5, 0.6) is 0 Å². The highest BCUT2D eigenvalue weighted by Gasteiger charge is 2.35. The third-order valence-corrected chi connectivity index (χ3v) is 2.79. The smallest absolute Gasteiger partial charge is 0.410 e. The number of aromatic nitrogens is 1. The zero-order chi connectivity index (χ0) is 10.8. The zero-order valence-electron chi connectivity index (χ0n) is 8.88. The van der Waals surface area contributed by atoms with Gasteiger partial charge in [0.2, 0.25) is 0 Å². The van der Waals surface area contributed by atoms with Crippen molar-refractivity contribution in [2.24, 2.45) is 0 Å². The first-order chi connectivity index (χ1) is 7.18. The maximum Gasteiger partial charge on any atom is 0.410 e. The quantitative estimate of drug-likeness (QED) is 0.741. The molecule has 0 N–H and O–H groups in total. The lowest BCUT2D eigenvalue weighted by Gasteiger charge is -2.19.